The van der Waals surface area contributed by atoms with Crippen LogP contribution in [0.25, 0.3) is 0 Å². The number of aliphatic hydroxyl groups excluding tert-OH is 3. The Balaban J connectivity index is 1.31. The van der Waals surface area contributed by atoms with E-state index in [1.807, 2.05) is 19.2 Å². The summed E-state index contributed by atoms with van der Waals surface area (Å²) in [6.07, 6.45) is 1.40. The molecule has 0 aliphatic heterocycles. The van der Waals surface area contributed by atoms with Crippen molar-refractivity contribution in [2.75, 3.05) is 26.7 Å². The number of halogens is 3. The summed E-state index contributed by atoms with van der Waals surface area (Å²) in [5.74, 6) is -1.49. The second kappa shape index (κ2) is 10.5. The van der Waals surface area contributed by atoms with Gasteiger partial charge in [0, 0.05) is 47.7 Å². The van der Waals surface area contributed by atoms with Crippen LogP contribution in [0.4, 0.5) is 0 Å². The van der Waals surface area contributed by atoms with E-state index in [0.717, 1.165) is 27.7 Å². The molecule has 4 rings (SSSR count). The number of alkyl halides is 1. The number of ether oxygens (including phenoxy) is 1. The van der Waals surface area contributed by atoms with Crippen molar-refractivity contribution in [3.63, 3.8) is 0 Å². The van der Waals surface area contributed by atoms with E-state index in [9.17, 15) is 20.1 Å². The van der Waals surface area contributed by atoms with Crippen LogP contribution >= 0.6 is 47.8 Å². The molecular weight excluding hydrogens is 624 g/mol. The second-order valence-corrected chi connectivity index (χ2v) is 11.5. The third-order valence-electron chi connectivity index (χ3n) is 6.87. The Bertz CT molecular complexity index is 962. The van der Waals surface area contributed by atoms with E-state index in [0.29, 0.717) is 19.6 Å². The molecule has 3 aliphatic carbocycles. The molecule has 0 aromatic heterocycles. The highest BCUT2D eigenvalue weighted by Gasteiger charge is 2.68. The topological polar surface area (TPSA) is 111 Å². The highest BCUT2D eigenvalue weighted by molar-refractivity contribution is 9.11. The first-order valence-electron chi connectivity index (χ1n) is 11.0. The predicted octanol–water partition coefficient (Wildman–Crippen LogP) is 3.19. The van der Waals surface area contributed by atoms with Crippen molar-refractivity contribution in [2.24, 2.45) is 28.7 Å². The van der Waals surface area contributed by atoms with Crippen LogP contribution < -0.4 is 10.1 Å². The number of aliphatic imine (C=N–C) groups is 1. The molecule has 0 amide bonds. The van der Waals surface area contributed by atoms with E-state index in [2.05, 4.69) is 58.1 Å². The summed E-state index contributed by atoms with van der Waals surface area (Å²) in [6, 6.07) is 4.10. The summed E-state index contributed by atoms with van der Waals surface area (Å²) >= 11 is 10.5. The van der Waals surface area contributed by atoms with Gasteiger partial charge >= 0.3 is 0 Å². The minimum Gasteiger partial charge on any atom is -0.511 e. The lowest BCUT2D eigenvalue weighted by atomic mass is 9.79. The zero-order valence-corrected chi connectivity index (χ0v) is 22.8. The molecule has 7 nitrogen and oxygen atoms in total. The number of Topliss-reactive ketones (excluding diaryl/α,β-unsaturated/α-hetero) is 1. The third-order valence-corrected chi connectivity index (χ3v) is 9.20. The highest BCUT2D eigenvalue weighted by atomic mass is 79.9. The summed E-state index contributed by atoms with van der Waals surface area (Å²) in [7, 11) is 1.92. The molecule has 0 spiro atoms. The lowest BCUT2D eigenvalue weighted by molar-refractivity contribution is -0.120. The Morgan fingerprint density at radius 1 is 1.15 bits per heavy atom. The summed E-state index contributed by atoms with van der Waals surface area (Å²) in [6.45, 7) is 1.78. The van der Waals surface area contributed by atoms with E-state index in [1.165, 1.54) is 11.8 Å². The van der Waals surface area contributed by atoms with Crippen LogP contribution in [0.5, 0.6) is 5.75 Å². The SMILES string of the molecule is CNCCc1cc(Br)c(OCCCN=CC2=C(O)C3C(C2=O)C2C(O)C3C(O)C2Br)c(Br)c1. The first kappa shape index (κ1) is 25.3. The molecule has 4 N–H and O–H groups in total. The minimum atomic E-state index is -0.794. The maximum absolute atomic E-state index is 12.9. The molecule has 2 saturated carbocycles. The van der Waals surface area contributed by atoms with Gasteiger partial charge in [-0.05, 0) is 69.6 Å². The molecular formula is C23H27Br3N2O5. The van der Waals surface area contributed by atoms with Gasteiger partial charge < -0.3 is 25.4 Å². The summed E-state index contributed by atoms with van der Waals surface area (Å²) in [5.41, 5.74) is 1.39. The molecule has 10 heteroatoms. The number of carbonyl (C=O) groups is 1. The summed E-state index contributed by atoms with van der Waals surface area (Å²) in [4.78, 5) is 16.9. The fraction of sp³-hybridized carbons (Fsp3) is 0.565. The molecule has 0 saturated heterocycles. The molecule has 0 radical (unpaired) electrons. The molecule has 0 heterocycles. The van der Waals surface area contributed by atoms with Gasteiger partial charge in [0.15, 0.2) is 5.78 Å². The molecule has 1 aromatic carbocycles. The normalized spacial score (nSPS) is 32.9. The number of allylic oxidation sites excluding steroid dienone is 2. The largest absolute Gasteiger partial charge is 0.511 e. The smallest absolute Gasteiger partial charge is 0.172 e. The van der Waals surface area contributed by atoms with Crippen LogP contribution in [0, 0.1) is 23.7 Å². The molecule has 3 aliphatic rings. The standard InChI is InChI=1S/C23H27Br3N2O5/c1-27-5-3-10-7-12(24)23(13(25)8-10)33-6-2-4-28-9-11-19(29)14-15(20(11)30)17-21(31)16(14)18(26)22(17)32/h7-9,14-18,21-22,27,30-32H,2-6H2,1H3. The van der Waals surface area contributed by atoms with E-state index >= 15 is 0 Å². The van der Waals surface area contributed by atoms with Gasteiger partial charge in [0.2, 0.25) is 0 Å². The zero-order chi connectivity index (χ0) is 23.9. The van der Waals surface area contributed by atoms with Crippen molar-refractivity contribution in [1.82, 2.24) is 5.32 Å². The first-order valence-corrected chi connectivity index (χ1v) is 13.5. The Morgan fingerprint density at radius 2 is 1.85 bits per heavy atom. The maximum Gasteiger partial charge on any atom is 0.172 e. The Kier molecular flexibility index (Phi) is 8.02. The zero-order valence-electron chi connectivity index (χ0n) is 18.0. The number of fused-ring (bicyclic) bond motifs is 5. The number of rotatable bonds is 9. The van der Waals surface area contributed by atoms with Gasteiger partial charge in [-0.1, -0.05) is 15.9 Å². The number of benzene rings is 1. The van der Waals surface area contributed by atoms with E-state index in [-0.39, 0.29) is 21.9 Å². The van der Waals surface area contributed by atoms with Crippen molar-refractivity contribution < 1.29 is 24.9 Å². The number of aliphatic hydroxyl groups is 3. The number of likely N-dealkylation sites (N-methyl/N-ethyl adjacent to an activating group) is 1. The van der Waals surface area contributed by atoms with Crippen LogP contribution in [0.3, 0.4) is 0 Å². The number of carbonyl (C=O) groups excluding carboxylic acids is 1. The second-order valence-electron chi connectivity index (χ2n) is 8.77. The Morgan fingerprint density at radius 3 is 2.52 bits per heavy atom. The van der Waals surface area contributed by atoms with Crippen LogP contribution in [-0.2, 0) is 11.2 Å². The first-order chi connectivity index (χ1) is 15.8. The van der Waals surface area contributed by atoms with Crippen LogP contribution in [0.1, 0.15) is 12.0 Å². The minimum absolute atomic E-state index is 0.0544. The van der Waals surface area contributed by atoms with Gasteiger partial charge in [0.05, 0.1) is 33.3 Å². The number of ketones is 1. The van der Waals surface area contributed by atoms with Gasteiger partial charge in [-0.15, -0.1) is 0 Å². The van der Waals surface area contributed by atoms with E-state index in [1.54, 1.807) is 0 Å². The van der Waals surface area contributed by atoms with E-state index < -0.39 is 35.9 Å². The van der Waals surface area contributed by atoms with Crippen molar-refractivity contribution in [1.29, 1.82) is 0 Å². The molecule has 33 heavy (non-hydrogen) atoms. The molecule has 2 fully saturated rings. The van der Waals surface area contributed by atoms with Crippen molar-refractivity contribution in [2.45, 2.75) is 29.9 Å². The molecule has 7 atom stereocenters. The van der Waals surface area contributed by atoms with Crippen LogP contribution in [0.2, 0.25) is 0 Å². The quantitative estimate of drug-likeness (QED) is 0.186. The van der Waals surface area contributed by atoms with Crippen molar-refractivity contribution in [3.05, 3.63) is 38.0 Å². The maximum atomic E-state index is 12.9. The predicted molar refractivity (Wildman–Crippen MR) is 136 cm³/mol. The number of nitrogens with one attached hydrogen (secondary N) is 1. The molecule has 180 valence electrons. The van der Waals surface area contributed by atoms with Gasteiger partial charge in [0.1, 0.15) is 11.5 Å². The highest BCUT2D eigenvalue weighted by Crippen LogP contribution is 2.60. The summed E-state index contributed by atoms with van der Waals surface area (Å²) in [5, 5.41) is 34.6. The third kappa shape index (κ3) is 4.59. The number of hydrogen-bond acceptors (Lipinski definition) is 7. The fourth-order valence-electron chi connectivity index (χ4n) is 5.36. The fourth-order valence-corrected chi connectivity index (χ4v) is 7.86. The lowest BCUT2D eigenvalue weighted by Crippen LogP contribution is -2.40. The Hall–Kier alpha value is -0.780. The van der Waals surface area contributed by atoms with Crippen LogP contribution in [-0.4, -0.2) is 71.1 Å². The van der Waals surface area contributed by atoms with Gasteiger partial charge in [-0.25, -0.2) is 0 Å². The average Bonchev–Trinajstić information content (AvgIpc) is 3.28. The average molecular weight is 651 g/mol. The molecule has 2 bridgehead atoms. The van der Waals surface area contributed by atoms with Gasteiger partial charge in [-0.2, -0.15) is 0 Å². The van der Waals surface area contributed by atoms with Gasteiger partial charge in [0.25, 0.3) is 0 Å². The number of nitrogens with zero attached hydrogens (tertiary/aromatic N) is 1. The molecule has 1 aromatic rings. The van der Waals surface area contributed by atoms with Crippen molar-refractivity contribution >= 4 is 59.8 Å². The van der Waals surface area contributed by atoms with Crippen molar-refractivity contribution in [3.8, 4) is 5.75 Å². The number of hydrogen-bond donors (Lipinski definition) is 4. The molecule has 7 unspecified atom stereocenters. The summed E-state index contributed by atoms with van der Waals surface area (Å²) < 4.78 is 7.67. The monoisotopic (exact) mass is 648 g/mol. The Labute approximate surface area is 218 Å². The van der Waals surface area contributed by atoms with Crippen LogP contribution in [0.15, 0.2) is 37.4 Å². The lowest BCUT2D eigenvalue weighted by Gasteiger charge is -2.30. The van der Waals surface area contributed by atoms with E-state index in [4.69, 9.17) is 4.74 Å². The van der Waals surface area contributed by atoms with Gasteiger partial charge in [-0.3, -0.25) is 9.79 Å².